The van der Waals surface area contributed by atoms with E-state index in [2.05, 4.69) is 41.2 Å². The van der Waals surface area contributed by atoms with Crippen LogP contribution in [0.5, 0.6) is 23.3 Å². The summed E-state index contributed by atoms with van der Waals surface area (Å²) in [5.74, 6) is -1.26. The zero-order valence-electron chi connectivity index (χ0n) is 39.3. The van der Waals surface area contributed by atoms with E-state index in [0.717, 1.165) is 44.2 Å². The van der Waals surface area contributed by atoms with E-state index in [9.17, 15) is 33.3 Å². The highest BCUT2D eigenvalue weighted by Crippen LogP contribution is 2.41. The number of nitrogens with one attached hydrogen (secondary N) is 2. The van der Waals surface area contributed by atoms with Crippen molar-refractivity contribution in [2.75, 3.05) is 31.1 Å². The fraction of sp³-hybridized carbons (Fsp3) is 0.346. The van der Waals surface area contributed by atoms with Crippen LogP contribution in [0, 0.1) is 24.0 Å². The van der Waals surface area contributed by atoms with Crippen LogP contribution in [0.2, 0.25) is 0 Å². The number of alkyl halides is 3. The summed E-state index contributed by atoms with van der Waals surface area (Å²) in [5.41, 5.74) is 1.45. The van der Waals surface area contributed by atoms with Crippen molar-refractivity contribution >= 4 is 33.4 Å². The maximum absolute atomic E-state index is 17.2. The van der Waals surface area contributed by atoms with E-state index in [1.165, 1.54) is 41.1 Å². The molecule has 3 fully saturated rings. The van der Waals surface area contributed by atoms with Gasteiger partial charge in [0.05, 0.1) is 16.5 Å². The summed E-state index contributed by atoms with van der Waals surface area (Å²) in [6.07, 6.45) is 6.07. The normalized spacial score (nSPS) is 18.6. The molecule has 4 aromatic carbocycles. The van der Waals surface area contributed by atoms with Crippen LogP contribution in [-0.4, -0.2) is 112 Å². The highest BCUT2D eigenvalue weighted by atomic mass is 19.4. The van der Waals surface area contributed by atoms with Crippen molar-refractivity contribution < 1.29 is 46.8 Å². The van der Waals surface area contributed by atoms with E-state index in [1.54, 1.807) is 24.3 Å². The fourth-order valence-electron chi connectivity index (χ4n) is 10.1. The number of aromatic nitrogens is 6. The zero-order valence-corrected chi connectivity index (χ0v) is 39.3. The quantitative estimate of drug-likeness (QED) is 0.0583. The molecule has 5 N–H and O–H groups in total. The molecule has 15 nitrogen and oxygen atoms in total. The number of hydrogen-bond acceptors (Lipinski definition) is 13. The topological polar surface area (TPSA) is 187 Å². The first kappa shape index (κ1) is 48.0. The largest absolute Gasteiger partial charge is 0.508 e. The van der Waals surface area contributed by atoms with Gasteiger partial charge in [0.25, 0.3) is 5.91 Å². The third kappa shape index (κ3) is 9.02. The average molecular weight is 989 g/mol. The number of halogens is 5. The summed E-state index contributed by atoms with van der Waals surface area (Å²) in [6, 6.07) is 13.0. The minimum atomic E-state index is -4.73. The first-order valence-corrected chi connectivity index (χ1v) is 23.6. The smallest absolute Gasteiger partial charge is 0.408 e. The molecule has 0 aliphatic carbocycles. The van der Waals surface area contributed by atoms with Crippen LogP contribution < -0.4 is 20.3 Å². The maximum Gasteiger partial charge on any atom is 0.408 e. The van der Waals surface area contributed by atoms with E-state index >= 15 is 8.78 Å². The number of nitrogens with zero attached hydrogens (tertiary/aromatic N) is 8. The maximum atomic E-state index is 17.2. The number of carbonyl (C=O) groups is 1. The number of carbonyl (C=O) groups excluding carboxylic acids is 1. The summed E-state index contributed by atoms with van der Waals surface area (Å²) in [5, 5.41) is 46.9. The van der Waals surface area contributed by atoms with E-state index in [4.69, 9.17) is 16.1 Å². The van der Waals surface area contributed by atoms with Gasteiger partial charge in [-0.05, 0) is 98.0 Å². The number of piperazine rings is 1. The Hall–Kier alpha value is -7.63. The van der Waals surface area contributed by atoms with Crippen molar-refractivity contribution in [1.82, 2.24) is 45.2 Å². The Balaban J connectivity index is 0.941. The van der Waals surface area contributed by atoms with Gasteiger partial charge in [-0.2, -0.15) is 23.1 Å². The molecule has 3 unspecified atom stereocenters. The van der Waals surface area contributed by atoms with E-state index in [1.807, 2.05) is 19.2 Å². The zero-order chi connectivity index (χ0) is 50.7. The predicted molar refractivity (Wildman–Crippen MR) is 258 cm³/mol. The molecule has 4 atom stereocenters. The molecule has 3 aromatic heterocycles. The second kappa shape index (κ2) is 18.8. The molecule has 7 aromatic rings. The van der Waals surface area contributed by atoms with Gasteiger partial charge < -0.3 is 35.6 Å². The number of phenols is 3. The fourth-order valence-corrected chi connectivity index (χ4v) is 10.1. The van der Waals surface area contributed by atoms with Crippen LogP contribution in [0.3, 0.4) is 0 Å². The van der Waals surface area contributed by atoms with Gasteiger partial charge in [-0.3, -0.25) is 19.2 Å². The van der Waals surface area contributed by atoms with Crippen molar-refractivity contribution in [3.8, 4) is 63.9 Å². The van der Waals surface area contributed by atoms with Gasteiger partial charge in [-0.1, -0.05) is 38.0 Å². The summed E-state index contributed by atoms with van der Waals surface area (Å²) < 4.78 is 80.6. The second-order valence-corrected chi connectivity index (χ2v) is 19.0. The first-order valence-electron chi connectivity index (χ1n) is 23.6. The standard InChI is InChI=1S/C52H49F5N10O5/c1-5-35-40(53)15-10-29-17-34(68)18-38(43(29)35)45-44(54)46-39(21-58-45)47(66-23-30-11-12-31(24-66)60-30)62-51(61-46)72-25-33-7-6-16-65(33)22-28-8-13-32(14-9-28)67-48(37-19-36(26(2)3)41(69)20-42(37)70)63-64-49(67)50(71)59-27(4)52(55,56)57/h1,8-10,13-15,17-21,26-27,30-31,33,60,68-70H,6-7,11-12,16,22-25H2,2-4H3,(H,59,71)/t27?,30?,31?,33-/m1/s1. The number of phenolic OH excluding ortho intramolecular Hbond substituents is 3. The number of likely N-dealkylation sites (tertiary alicyclic amines) is 1. The average Bonchev–Trinajstić information content (AvgIpc) is 4.08. The van der Waals surface area contributed by atoms with Crippen molar-refractivity contribution in [3.63, 3.8) is 0 Å². The van der Waals surface area contributed by atoms with Gasteiger partial charge in [-0.25, -0.2) is 8.78 Å². The molecule has 6 heterocycles. The van der Waals surface area contributed by atoms with E-state index in [-0.39, 0.29) is 93.0 Å². The Morgan fingerprint density at radius 2 is 1.69 bits per heavy atom. The third-order valence-corrected chi connectivity index (χ3v) is 13.8. The van der Waals surface area contributed by atoms with E-state index < -0.39 is 35.6 Å². The highest BCUT2D eigenvalue weighted by molar-refractivity contribution is 6.03. The molecule has 3 saturated heterocycles. The summed E-state index contributed by atoms with van der Waals surface area (Å²) in [7, 11) is 0. The number of anilines is 1. The number of pyridine rings is 1. The molecular formula is C52H49F5N10O5. The van der Waals surface area contributed by atoms with Gasteiger partial charge in [-0.15, -0.1) is 16.6 Å². The first-order chi connectivity index (χ1) is 34.4. The third-order valence-electron chi connectivity index (χ3n) is 13.8. The van der Waals surface area contributed by atoms with Crippen LogP contribution >= 0.6 is 0 Å². The molecule has 72 heavy (non-hydrogen) atoms. The number of rotatable bonds is 12. The van der Waals surface area contributed by atoms with Crippen LogP contribution in [0.25, 0.3) is 50.0 Å². The van der Waals surface area contributed by atoms with E-state index in [0.29, 0.717) is 54.0 Å². The molecule has 10 rings (SSSR count). The number of terminal acetylenes is 1. The Morgan fingerprint density at radius 3 is 2.40 bits per heavy atom. The van der Waals surface area contributed by atoms with Gasteiger partial charge in [0.2, 0.25) is 5.82 Å². The number of ether oxygens (including phenoxy) is 1. The molecule has 0 spiro atoms. The number of amides is 1. The number of hydrogen-bond donors (Lipinski definition) is 5. The van der Waals surface area contributed by atoms with Crippen molar-refractivity contribution in [2.24, 2.45) is 0 Å². The van der Waals surface area contributed by atoms with Crippen molar-refractivity contribution in [3.05, 3.63) is 101 Å². The van der Waals surface area contributed by atoms with Crippen molar-refractivity contribution in [2.45, 2.75) is 89.3 Å². The molecule has 3 aliphatic heterocycles. The highest BCUT2D eigenvalue weighted by Gasteiger charge is 2.39. The number of benzene rings is 4. The molecule has 0 radical (unpaired) electrons. The van der Waals surface area contributed by atoms with Crippen LogP contribution in [0.4, 0.5) is 27.8 Å². The lowest BCUT2D eigenvalue weighted by Crippen LogP contribution is -2.51. The number of fused-ring (bicyclic) bond motifs is 4. The second-order valence-electron chi connectivity index (χ2n) is 19.0. The number of aromatic hydroxyl groups is 3. The molecular weight excluding hydrogens is 940 g/mol. The molecule has 20 heteroatoms. The summed E-state index contributed by atoms with van der Waals surface area (Å²) in [4.78, 5) is 31.7. The van der Waals surface area contributed by atoms with Gasteiger partial charge in [0.1, 0.15) is 52.7 Å². The van der Waals surface area contributed by atoms with Gasteiger partial charge in [0, 0.05) is 66.7 Å². The molecule has 3 aliphatic rings. The van der Waals surface area contributed by atoms with Gasteiger partial charge in [0.15, 0.2) is 11.6 Å². The molecule has 372 valence electrons. The minimum Gasteiger partial charge on any atom is -0.508 e. The van der Waals surface area contributed by atoms with Crippen LogP contribution in [0.1, 0.15) is 79.7 Å². The Kier molecular flexibility index (Phi) is 12.6. The Morgan fingerprint density at radius 1 is 0.944 bits per heavy atom. The minimum absolute atomic E-state index is 0.0410. The lowest BCUT2D eigenvalue weighted by Gasteiger charge is -2.34. The Labute approximate surface area is 409 Å². The van der Waals surface area contributed by atoms with Crippen LogP contribution in [-0.2, 0) is 6.54 Å². The monoisotopic (exact) mass is 988 g/mol. The molecule has 0 saturated carbocycles. The van der Waals surface area contributed by atoms with Crippen LogP contribution in [0.15, 0.2) is 66.9 Å². The van der Waals surface area contributed by atoms with Crippen molar-refractivity contribution in [1.29, 1.82) is 0 Å². The summed E-state index contributed by atoms with van der Waals surface area (Å²) >= 11 is 0. The summed E-state index contributed by atoms with van der Waals surface area (Å²) in [6.45, 7) is 7.00. The molecule has 2 bridgehead atoms. The predicted octanol–water partition coefficient (Wildman–Crippen LogP) is 8.26. The lowest BCUT2D eigenvalue weighted by molar-refractivity contribution is -0.149. The lowest BCUT2D eigenvalue weighted by atomic mass is 9.96. The van der Waals surface area contributed by atoms with Gasteiger partial charge >= 0.3 is 12.2 Å². The Bertz CT molecular complexity index is 3290. The SMILES string of the molecule is C#Cc1c(F)ccc2cc(O)cc(-c3ncc4c(N5CC6CCC(C5)N6)nc(OC[C@H]5CCCN5Cc5ccc(-n6c(C(=O)NC(C)C(F)(F)F)nnc6-c6cc(C(C)C)c(O)cc6O)cc5)nc4c3F)c12. The molecule has 1 amide bonds.